The Balaban J connectivity index is 2.18. The zero-order valence-corrected chi connectivity index (χ0v) is 7.06. The molecule has 2 heterocycles. The number of fused-ring (bicyclic) bond motifs is 1. The Kier molecular flexibility index (Phi) is 1.68. The van der Waals surface area contributed by atoms with Crippen LogP contribution in [0.2, 0.25) is 0 Å². The first kappa shape index (κ1) is 7.22. The molecule has 1 fully saturated rings. The summed E-state index contributed by atoms with van der Waals surface area (Å²) >= 11 is 0. The molecular weight excluding hydrogens is 160 g/mol. The van der Waals surface area contributed by atoms with Gasteiger partial charge in [-0.3, -0.25) is 0 Å². The molecular formula is C8H11O2S+. The van der Waals surface area contributed by atoms with Crippen molar-refractivity contribution in [1.82, 2.24) is 0 Å². The van der Waals surface area contributed by atoms with Gasteiger partial charge in [-0.15, -0.1) is 0 Å². The molecule has 0 spiro atoms. The fourth-order valence-corrected chi connectivity index (χ4v) is 4.05. The zero-order valence-electron chi connectivity index (χ0n) is 6.25. The van der Waals surface area contributed by atoms with Crippen LogP contribution in [0.25, 0.3) is 0 Å². The molecule has 1 N–H and O–H groups in total. The third kappa shape index (κ3) is 1.07. The van der Waals surface area contributed by atoms with E-state index in [1.807, 2.05) is 6.08 Å². The number of allylic oxidation sites excluding steroid dienone is 1. The van der Waals surface area contributed by atoms with Crippen LogP contribution in [0.5, 0.6) is 0 Å². The summed E-state index contributed by atoms with van der Waals surface area (Å²) in [5.74, 6) is 0.445. The summed E-state index contributed by atoms with van der Waals surface area (Å²) in [5.41, 5.74) is 0. The van der Waals surface area contributed by atoms with E-state index >= 15 is 0 Å². The molecule has 11 heavy (non-hydrogen) atoms. The number of rotatable bonds is 1. The van der Waals surface area contributed by atoms with Crippen molar-refractivity contribution in [3.63, 3.8) is 0 Å². The van der Waals surface area contributed by atoms with Gasteiger partial charge in [0.05, 0.1) is 0 Å². The minimum absolute atomic E-state index is 0.139. The summed E-state index contributed by atoms with van der Waals surface area (Å²) in [6.45, 7) is 0. The van der Waals surface area contributed by atoms with E-state index in [0.717, 1.165) is 17.4 Å². The second-order valence-corrected chi connectivity index (χ2v) is 5.37. The van der Waals surface area contributed by atoms with Crippen LogP contribution in [0.15, 0.2) is 11.0 Å². The topological polar surface area (TPSA) is 37.3 Å². The molecule has 0 saturated carbocycles. The van der Waals surface area contributed by atoms with Crippen molar-refractivity contribution < 1.29 is 9.90 Å². The molecule has 2 nitrogen and oxygen atoms in total. The van der Waals surface area contributed by atoms with E-state index in [-0.39, 0.29) is 10.9 Å². The highest BCUT2D eigenvalue weighted by Gasteiger charge is 2.48. The summed E-state index contributed by atoms with van der Waals surface area (Å²) in [4.78, 5) is 11.4. The molecule has 3 heteroatoms. The highest BCUT2D eigenvalue weighted by molar-refractivity contribution is 8.03. The average molecular weight is 171 g/mol. The van der Waals surface area contributed by atoms with Crippen molar-refractivity contribution in [2.24, 2.45) is 0 Å². The number of hydrogen-bond acceptors (Lipinski definition) is 1. The second kappa shape index (κ2) is 2.55. The van der Waals surface area contributed by atoms with Crippen molar-refractivity contribution in [3.05, 3.63) is 11.0 Å². The Morgan fingerprint density at radius 1 is 1.64 bits per heavy atom. The number of carboxylic acid groups (broad SMARTS) is 1. The maximum absolute atomic E-state index is 10.7. The lowest BCUT2D eigenvalue weighted by Gasteiger charge is -2.29. The van der Waals surface area contributed by atoms with Crippen LogP contribution in [-0.4, -0.2) is 22.1 Å². The van der Waals surface area contributed by atoms with Crippen molar-refractivity contribution in [1.29, 1.82) is 0 Å². The molecule has 60 valence electrons. The van der Waals surface area contributed by atoms with Gasteiger partial charge in [-0.25, -0.2) is 4.79 Å². The summed E-state index contributed by atoms with van der Waals surface area (Å²) in [7, 11) is 0.139. The first-order valence-electron chi connectivity index (χ1n) is 3.92. The average Bonchev–Trinajstić information content (AvgIpc) is 1.90. The third-order valence-electron chi connectivity index (χ3n) is 2.37. The smallest absolute Gasteiger partial charge is 0.384 e. The van der Waals surface area contributed by atoms with Gasteiger partial charge < -0.3 is 5.11 Å². The number of aliphatic carboxylic acids is 1. The van der Waals surface area contributed by atoms with Crippen molar-refractivity contribution >= 4 is 16.9 Å². The van der Waals surface area contributed by atoms with E-state index in [9.17, 15) is 4.79 Å². The molecule has 0 aromatic carbocycles. The molecule has 2 atom stereocenters. The van der Waals surface area contributed by atoms with E-state index in [2.05, 4.69) is 0 Å². The van der Waals surface area contributed by atoms with Crippen LogP contribution in [0.1, 0.15) is 19.3 Å². The Hall–Kier alpha value is -0.440. The van der Waals surface area contributed by atoms with Crippen LogP contribution in [0.4, 0.5) is 0 Å². The molecule has 0 aromatic rings. The molecule has 2 aliphatic rings. The molecule has 0 aromatic heterocycles. The lowest BCUT2D eigenvalue weighted by molar-refractivity contribution is -0.131. The Labute approximate surface area is 68.6 Å². The van der Waals surface area contributed by atoms with Crippen LogP contribution < -0.4 is 0 Å². The van der Waals surface area contributed by atoms with Crippen LogP contribution in [0, 0.1) is 0 Å². The summed E-state index contributed by atoms with van der Waals surface area (Å²) in [5, 5.41) is 9.53. The standard InChI is InChI=1S/C8H10O2S/c9-8(10)7-3-1-2-6-4-5-11(6)7/h3,6H,1-2,4-5H2/p+1. The van der Waals surface area contributed by atoms with Gasteiger partial charge in [-0.1, -0.05) is 0 Å². The van der Waals surface area contributed by atoms with E-state index in [1.165, 1.54) is 12.8 Å². The predicted octanol–water partition coefficient (Wildman–Crippen LogP) is 1.14. The molecule has 0 radical (unpaired) electrons. The van der Waals surface area contributed by atoms with Crippen molar-refractivity contribution in [2.75, 3.05) is 5.75 Å². The van der Waals surface area contributed by atoms with E-state index in [4.69, 9.17) is 5.11 Å². The molecule has 0 amide bonds. The van der Waals surface area contributed by atoms with Gasteiger partial charge in [0.1, 0.15) is 11.0 Å². The molecule has 2 aliphatic heterocycles. The van der Waals surface area contributed by atoms with Crippen LogP contribution >= 0.6 is 0 Å². The van der Waals surface area contributed by atoms with Gasteiger partial charge in [-0.05, 0) is 18.9 Å². The first-order valence-corrected chi connectivity index (χ1v) is 5.38. The number of hydrogen-bond donors (Lipinski definition) is 1. The van der Waals surface area contributed by atoms with Crippen LogP contribution in [-0.2, 0) is 15.7 Å². The Morgan fingerprint density at radius 3 is 2.91 bits per heavy atom. The minimum Gasteiger partial charge on any atom is -0.474 e. The minimum atomic E-state index is -0.683. The molecule has 0 bridgehead atoms. The maximum atomic E-state index is 10.7. The highest BCUT2D eigenvalue weighted by atomic mass is 32.2. The Bertz CT molecular complexity index is 222. The molecule has 2 unspecified atom stereocenters. The molecule has 2 rings (SSSR count). The second-order valence-electron chi connectivity index (χ2n) is 2.99. The van der Waals surface area contributed by atoms with Gasteiger partial charge in [0.25, 0.3) is 0 Å². The van der Waals surface area contributed by atoms with Gasteiger partial charge >= 0.3 is 5.97 Å². The normalized spacial score (nSPS) is 35.1. The molecule has 1 saturated heterocycles. The van der Waals surface area contributed by atoms with Gasteiger partial charge in [0, 0.05) is 17.3 Å². The Morgan fingerprint density at radius 2 is 2.45 bits per heavy atom. The van der Waals surface area contributed by atoms with Gasteiger partial charge in [0.15, 0.2) is 0 Å². The van der Waals surface area contributed by atoms with Crippen molar-refractivity contribution in [2.45, 2.75) is 24.5 Å². The van der Waals surface area contributed by atoms with Gasteiger partial charge in [-0.2, -0.15) is 0 Å². The molecule has 0 aliphatic carbocycles. The SMILES string of the molecule is O=C(O)C1=CCCC2CC[S+]12. The fraction of sp³-hybridized carbons (Fsp3) is 0.625. The van der Waals surface area contributed by atoms with E-state index < -0.39 is 5.97 Å². The maximum Gasteiger partial charge on any atom is 0.384 e. The lowest BCUT2D eigenvalue weighted by Crippen LogP contribution is -2.41. The lowest BCUT2D eigenvalue weighted by atomic mass is 10.1. The quantitative estimate of drug-likeness (QED) is 0.601. The van der Waals surface area contributed by atoms with Crippen LogP contribution in [0.3, 0.4) is 0 Å². The summed E-state index contributed by atoms with van der Waals surface area (Å²) in [6, 6.07) is 0. The summed E-state index contributed by atoms with van der Waals surface area (Å²) < 4.78 is 0. The third-order valence-corrected chi connectivity index (χ3v) is 5.23. The predicted molar refractivity (Wildman–Crippen MR) is 45.6 cm³/mol. The monoisotopic (exact) mass is 171 g/mol. The van der Waals surface area contributed by atoms with E-state index in [1.54, 1.807) is 0 Å². The zero-order chi connectivity index (χ0) is 7.84. The largest absolute Gasteiger partial charge is 0.474 e. The first-order chi connectivity index (χ1) is 5.29. The highest BCUT2D eigenvalue weighted by Crippen LogP contribution is 2.37. The van der Waals surface area contributed by atoms with Gasteiger partial charge in [0.2, 0.25) is 4.91 Å². The fourth-order valence-electron chi connectivity index (χ4n) is 1.69. The van der Waals surface area contributed by atoms with Crippen molar-refractivity contribution in [3.8, 4) is 0 Å². The number of carboxylic acids is 1. The number of carbonyl (C=O) groups is 1. The van der Waals surface area contributed by atoms with E-state index in [0.29, 0.717) is 4.91 Å². The summed E-state index contributed by atoms with van der Waals surface area (Å²) in [6.07, 6.45) is 5.38.